The van der Waals surface area contributed by atoms with Crippen LogP contribution in [0.2, 0.25) is 0 Å². The van der Waals surface area contributed by atoms with Gasteiger partial charge < -0.3 is 4.42 Å². The minimum atomic E-state index is -0.295. The van der Waals surface area contributed by atoms with Crippen LogP contribution >= 0.6 is 0 Å². The van der Waals surface area contributed by atoms with Crippen molar-refractivity contribution in [2.75, 3.05) is 0 Å². The highest BCUT2D eigenvalue weighted by Gasteiger charge is 2.20. The fraction of sp³-hybridized carbons (Fsp3) is 0.692. The van der Waals surface area contributed by atoms with E-state index in [1.165, 1.54) is 0 Å². The average molecular weight is 226 g/mol. The van der Waals surface area contributed by atoms with E-state index in [0.29, 0.717) is 0 Å². The van der Waals surface area contributed by atoms with E-state index in [0.717, 1.165) is 25.0 Å². The fourth-order valence-corrected chi connectivity index (χ4v) is 1.30. The topological polar surface area (TPSA) is 31.6 Å². The second-order valence-electron chi connectivity index (χ2n) is 4.94. The van der Waals surface area contributed by atoms with Gasteiger partial charge in [-0.25, -0.2) is 9.78 Å². The Morgan fingerprint density at radius 3 is 2.62 bits per heavy atom. The van der Waals surface area contributed by atoms with Gasteiger partial charge in [-0.3, -0.25) is 0 Å². The molecule has 92 valence electrons. The zero-order valence-electron chi connectivity index (χ0n) is 10.7. The van der Waals surface area contributed by atoms with Gasteiger partial charge in [0, 0.05) is 0 Å². The van der Waals surface area contributed by atoms with Gasteiger partial charge in [-0.2, -0.15) is 0 Å². The summed E-state index contributed by atoms with van der Waals surface area (Å²) < 4.78 is 5.35. The molecule has 0 saturated carbocycles. The molecule has 0 spiro atoms. The molecular weight excluding hydrogens is 204 g/mol. The largest absolute Gasteiger partial charge is 0.466 e. The van der Waals surface area contributed by atoms with Crippen LogP contribution < -0.4 is 0 Å². The van der Waals surface area contributed by atoms with Gasteiger partial charge in [0.25, 0.3) is 0 Å². The van der Waals surface area contributed by atoms with Crippen molar-refractivity contribution in [3.8, 4) is 0 Å². The van der Waals surface area contributed by atoms with Gasteiger partial charge in [-0.15, -0.1) is 0 Å². The molecule has 0 saturated heterocycles. The molecule has 0 aromatic carbocycles. The summed E-state index contributed by atoms with van der Waals surface area (Å²) in [6.07, 6.45) is 4.71. The molecule has 3 nitrogen and oxygen atoms in total. The summed E-state index contributed by atoms with van der Waals surface area (Å²) in [6.45, 7) is 8.05. The van der Waals surface area contributed by atoms with Crippen LogP contribution in [0.4, 0.5) is 0 Å². The monoisotopic (exact) mass is 226 g/mol. The molecule has 1 heterocycles. The van der Waals surface area contributed by atoms with E-state index in [1.54, 1.807) is 6.26 Å². The Bertz CT molecular complexity index is 272. The zero-order chi connectivity index (χ0) is 12.0. The normalized spacial score (nSPS) is 14.0. The highest BCUT2D eigenvalue weighted by atomic mass is 17.2. The predicted octanol–water partition coefficient (Wildman–Crippen LogP) is 4.26. The van der Waals surface area contributed by atoms with Gasteiger partial charge in [0.05, 0.1) is 11.9 Å². The molecule has 1 aromatic rings. The smallest absolute Gasteiger partial charge is 0.150 e. The summed E-state index contributed by atoms with van der Waals surface area (Å²) >= 11 is 0. The summed E-state index contributed by atoms with van der Waals surface area (Å²) in [6, 6.07) is 3.79. The molecule has 0 radical (unpaired) electrons. The van der Waals surface area contributed by atoms with Gasteiger partial charge in [0.1, 0.15) is 5.76 Å². The lowest BCUT2D eigenvalue weighted by atomic mass is 10.1. The first kappa shape index (κ1) is 13.3. The molecule has 1 atom stereocenters. The number of hydrogen-bond acceptors (Lipinski definition) is 3. The molecule has 1 aromatic heterocycles. The van der Waals surface area contributed by atoms with Crippen molar-refractivity contribution in [2.45, 2.75) is 58.7 Å². The molecule has 0 aliphatic rings. The van der Waals surface area contributed by atoms with Crippen molar-refractivity contribution < 1.29 is 14.2 Å². The van der Waals surface area contributed by atoms with Gasteiger partial charge in [-0.1, -0.05) is 19.8 Å². The summed E-state index contributed by atoms with van der Waals surface area (Å²) in [5, 5.41) is 0. The van der Waals surface area contributed by atoms with Gasteiger partial charge in [0.15, 0.2) is 6.10 Å². The minimum Gasteiger partial charge on any atom is -0.466 e. The molecular formula is C13H22O3. The summed E-state index contributed by atoms with van der Waals surface area (Å²) in [5.74, 6) is 0.831. The molecule has 3 heteroatoms. The van der Waals surface area contributed by atoms with Gasteiger partial charge in [0.2, 0.25) is 0 Å². The second-order valence-corrected chi connectivity index (χ2v) is 4.94. The van der Waals surface area contributed by atoms with Crippen molar-refractivity contribution in [1.82, 2.24) is 0 Å². The Kier molecular flexibility index (Phi) is 5.03. The van der Waals surface area contributed by atoms with Crippen molar-refractivity contribution in [1.29, 1.82) is 0 Å². The Balaban J connectivity index is 2.51. The number of hydrogen-bond donors (Lipinski definition) is 0. The van der Waals surface area contributed by atoms with Crippen LogP contribution in [0.15, 0.2) is 22.8 Å². The molecule has 0 bridgehead atoms. The van der Waals surface area contributed by atoms with Crippen molar-refractivity contribution in [2.24, 2.45) is 0 Å². The maximum Gasteiger partial charge on any atom is 0.150 e. The minimum absolute atomic E-state index is 0.103. The lowest BCUT2D eigenvalue weighted by molar-refractivity contribution is -0.379. The highest BCUT2D eigenvalue weighted by molar-refractivity contribution is 5.01. The fourth-order valence-electron chi connectivity index (χ4n) is 1.30. The molecule has 0 N–H and O–H groups in total. The average Bonchev–Trinajstić information content (AvgIpc) is 2.69. The summed E-state index contributed by atoms with van der Waals surface area (Å²) in [5.41, 5.74) is -0.295. The molecule has 1 rings (SSSR count). The van der Waals surface area contributed by atoms with E-state index in [-0.39, 0.29) is 11.7 Å². The molecule has 0 aliphatic carbocycles. The molecule has 0 aliphatic heterocycles. The highest BCUT2D eigenvalue weighted by Crippen LogP contribution is 2.26. The van der Waals surface area contributed by atoms with Crippen LogP contribution in [0.3, 0.4) is 0 Å². The predicted molar refractivity (Wildman–Crippen MR) is 62.9 cm³/mol. The number of rotatable bonds is 6. The van der Waals surface area contributed by atoms with E-state index in [4.69, 9.17) is 14.2 Å². The van der Waals surface area contributed by atoms with Crippen LogP contribution in [0.5, 0.6) is 0 Å². The number of furan rings is 1. The van der Waals surface area contributed by atoms with Crippen LogP contribution in [0.1, 0.15) is 58.8 Å². The molecule has 0 amide bonds. The third-order valence-electron chi connectivity index (χ3n) is 2.09. The maximum absolute atomic E-state index is 5.46. The zero-order valence-corrected chi connectivity index (χ0v) is 10.7. The Morgan fingerprint density at radius 2 is 2.12 bits per heavy atom. The first-order valence-electron chi connectivity index (χ1n) is 5.91. The Labute approximate surface area is 97.7 Å². The number of unbranched alkanes of at least 4 members (excludes halogenated alkanes) is 1. The van der Waals surface area contributed by atoms with Crippen LogP contribution in [0.25, 0.3) is 0 Å². The van der Waals surface area contributed by atoms with Crippen molar-refractivity contribution in [3.63, 3.8) is 0 Å². The van der Waals surface area contributed by atoms with E-state index in [2.05, 4.69) is 6.92 Å². The second kappa shape index (κ2) is 6.06. The van der Waals surface area contributed by atoms with E-state index >= 15 is 0 Å². The quantitative estimate of drug-likeness (QED) is 0.536. The van der Waals surface area contributed by atoms with Crippen LogP contribution in [-0.4, -0.2) is 5.60 Å². The molecule has 0 fully saturated rings. The SMILES string of the molecule is CCCCC(OOC(C)(C)C)c1ccco1. The third kappa shape index (κ3) is 4.81. The Morgan fingerprint density at radius 1 is 1.38 bits per heavy atom. The van der Waals surface area contributed by atoms with Crippen LogP contribution in [0, 0.1) is 0 Å². The molecule has 16 heavy (non-hydrogen) atoms. The van der Waals surface area contributed by atoms with E-state index < -0.39 is 0 Å². The first-order valence-corrected chi connectivity index (χ1v) is 5.91. The summed E-state index contributed by atoms with van der Waals surface area (Å²) in [4.78, 5) is 10.8. The first-order chi connectivity index (χ1) is 7.53. The standard InChI is InChI=1S/C13H22O3/c1-5-6-8-12(11-9-7-10-14-11)15-16-13(2,3)4/h7,9-10,12H,5-6,8H2,1-4H3. The Hall–Kier alpha value is -0.800. The van der Waals surface area contributed by atoms with Gasteiger partial charge in [-0.05, 0) is 39.3 Å². The van der Waals surface area contributed by atoms with Crippen molar-refractivity contribution in [3.05, 3.63) is 24.2 Å². The van der Waals surface area contributed by atoms with E-state index in [1.807, 2.05) is 32.9 Å². The van der Waals surface area contributed by atoms with Crippen molar-refractivity contribution >= 4 is 0 Å². The van der Waals surface area contributed by atoms with Gasteiger partial charge >= 0.3 is 0 Å². The van der Waals surface area contributed by atoms with Crippen LogP contribution in [-0.2, 0) is 9.78 Å². The maximum atomic E-state index is 5.46. The lowest BCUT2D eigenvalue weighted by Crippen LogP contribution is -2.21. The lowest BCUT2D eigenvalue weighted by Gasteiger charge is -2.22. The van der Waals surface area contributed by atoms with E-state index in [9.17, 15) is 0 Å². The summed E-state index contributed by atoms with van der Waals surface area (Å²) in [7, 11) is 0. The third-order valence-corrected chi connectivity index (χ3v) is 2.09. The molecule has 1 unspecified atom stereocenters.